The van der Waals surface area contributed by atoms with Gasteiger partial charge in [-0.2, -0.15) is 0 Å². The number of hydrogen-bond donors (Lipinski definition) is 1. The Balaban J connectivity index is 2.40. The van der Waals surface area contributed by atoms with Crippen LogP contribution in [-0.4, -0.2) is 0 Å². The van der Waals surface area contributed by atoms with Crippen molar-refractivity contribution in [3.05, 3.63) is 46.6 Å². The molecule has 1 nitrogen and oxygen atoms in total. The Labute approximate surface area is 105 Å². The van der Waals surface area contributed by atoms with Gasteiger partial charge in [-0.25, -0.2) is 4.39 Å². The molecule has 1 unspecified atom stereocenters. The molecule has 2 rings (SSSR count). The number of halogens is 1. The molecule has 0 saturated carbocycles. The minimum absolute atomic E-state index is 0.0858. The summed E-state index contributed by atoms with van der Waals surface area (Å²) in [7, 11) is 0. The Morgan fingerprint density at radius 2 is 2.06 bits per heavy atom. The maximum absolute atomic E-state index is 13.2. The lowest BCUT2D eigenvalue weighted by Crippen LogP contribution is -2.05. The first kappa shape index (κ1) is 12.3. The van der Waals surface area contributed by atoms with Crippen molar-refractivity contribution in [1.29, 1.82) is 0 Å². The average molecular weight is 249 g/mol. The summed E-state index contributed by atoms with van der Waals surface area (Å²) in [5.74, 6) is -0.194. The zero-order chi connectivity index (χ0) is 12.4. The molecule has 0 fully saturated rings. The molecule has 0 aliphatic carbocycles. The molecular formula is C14H16FNS. The molecule has 1 aromatic heterocycles. The SMILES string of the molecule is CCC(N)c1ccc(-c2cc(F)ccc2C)s1. The van der Waals surface area contributed by atoms with E-state index in [9.17, 15) is 4.39 Å². The highest BCUT2D eigenvalue weighted by Crippen LogP contribution is 2.33. The Kier molecular flexibility index (Phi) is 3.60. The molecule has 3 heteroatoms. The van der Waals surface area contributed by atoms with Crippen LogP contribution in [0.3, 0.4) is 0 Å². The highest BCUT2D eigenvalue weighted by Gasteiger charge is 2.10. The smallest absolute Gasteiger partial charge is 0.123 e. The summed E-state index contributed by atoms with van der Waals surface area (Å²) >= 11 is 1.65. The van der Waals surface area contributed by atoms with Gasteiger partial charge in [0.1, 0.15) is 5.82 Å². The van der Waals surface area contributed by atoms with Crippen LogP contribution in [0.5, 0.6) is 0 Å². The van der Waals surface area contributed by atoms with Crippen LogP contribution in [0.2, 0.25) is 0 Å². The van der Waals surface area contributed by atoms with Gasteiger partial charge in [-0.3, -0.25) is 0 Å². The van der Waals surface area contributed by atoms with Crippen LogP contribution < -0.4 is 5.73 Å². The highest BCUT2D eigenvalue weighted by atomic mass is 32.1. The number of rotatable bonds is 3. The van der Waals surface area contributed by atoms with E-state index in [0.29, 0.717) is 0 Å². The number of thiophene rings is 1. The van der Waals surface area contributed by atoms with Crippen molar-refractivity contribution in [2.24, 2.45) is 5.73 Å². The second kappa shape index (κ2) is 4.98. The van der Waals surface area contributed by atoms with Gasteiger partial charge < -0.3 is 5.73 Å². The van der Waals surface area contributed by atoms with E-state index < -0.39 is 0 Å². The molecular weight excluding hydrogens is 233 g/mol. The fraction of sp³-hybridized carbons (Fsp3) is 0.286. The lowest BCUT2D eigenvalue weighted by molar-refractivity contribution is 0.628. The lowest BCUT2D eigenvalue weighted by Gasteiger charge is -2.05. The number of benzene rings is 1. The van der Waals surface area contributed by atoms with Crippen LogP contribution in [0.25, 0.3) is 10.4 Å². The molecule has 1 aromatic carbocycles. The van der Waals surface area contributed by atoms with Crippen LogP contribution >= 0.6 is 11.3 Å². The van der Waals surface area contributed by atoms with Crippen molar-refractivity contribution in [2.75, 3.05) is 0 Å². The summed E-state index contributed by atoms with van der Waals surface area (Å²) in [5, 5.41) is 0. The van der Waals surface area contributed by atoms with Crippen molar-refractivity contribution in [3.8, 4) is 10.4 Å². The molecule has 17 heavy (non-hydrogen) atoms. The summed E-state index contributed by atoms with van der Waals surface area (Å²) in [6.45, 7) is 4.06. The van der Waals surface area contributed by atoms with Gasteiger partial charge in [0, 0.05) is 15.8 Å². The standard InChI is InChI=1S/C14H16FNS/c1-3-12(16)14-7-6-13(17-14)11-8-10(15)5-4-9(11)2/h4-8,12H,3,16H2,1-2H3. The Hall–Kier alpha value is -1.19. The third-order valence-electron chi connectivity index (χ3n) is 2.90. The number of aryl methyl sites for hydroxylation is 1. The van der Waals surface area contributed by atoms with Gasteiger partial charge in [0.15, 0.2) is 0 Å². The van der Waals surface area contributed by atoms with E-state index in [1.54, 1.807) is 17.4 Å². The maximum Gasteiger partial charge on any atom is 0.123 e. The second-order valence-corrected chi connectivity index (χ2v) is 5.29. The Morgan fingerprint density at radius 3 is 2.76 bits per heavy atom. The first-order valence-corrected chi connectivity index (χ1v) is 6.55. The summed E-state index contributed by atoms with van der Waals surface area (Å²) in [6, 6.07) is 9.04. The van der Waals surface area contributed by atoms with E-state index in [-0.39, 0.29) is 11.9 Å². The molecule has 0 aliphatic rings. The monoisotopic (exact) mass is 249 g/mol. The molecule has 0 amide bonds. The van der Waals surface area contributed by atoms with Crippen LogP contribution in [0.1, 0.15) is 29.8 Å². The Bertz CT molecular complexity index is 519. The maximum atomic E-state index is 13.2. The van der Waals surface area contributed by atoms with Crippen molar-refractivity contribution >= 4 is 11.3 Å². The molecule has 1 heterocycles. The first-order valence-electron chi connectivity index (χ1n) is 5.73. The van der Waals surface area contributed by atoms with Gasteiger partial charge in [-0.05, 0) is 48.7 Å². The third kappa shape index (κ3) is 2.56. The molecule has 2 aromatic rings. The van der Waals surface area contributed by atoms with Gasteiger partial charge in [0.2, 0.25) is 0 Å². The zero-order valence-corrected chi connectivity index (χ0v) is 10.9. The molecule has 0 saturated heterocycles. The second-order valence-electron chi connectivity index (χ2n) is 4.18. The summed E-state index contributed by atoms with van der Waals surface area (Å²) in [6.07, 6.45) is 0.919. The van der Waals surface area contributed by atoms with Crippen LogP contribution in [0.4, 0.5) is 4.39 Å². The predicted octanol–water partition coefficient (Wildman–Crippen LogP) is 4.27. The van der Waals surface area contributed by atoms with E-state index >= 15 is 0 Å². The fourth-order valence-corrected chi connectivity index (χ4v) is 2.93. The zero-order valence-electron chi connectivity index (χ0n) is 10.0. The molecule has 0 bridgehead atoms. The highest BCUT2D eigenvalue weighted by molar-refractivity contribution is 7.15. The predicted molar refractivity (Wildman–Crippen MR) is 71.7 cm³/mol. The molecule has 0 aliphatic heterocycles. The summed E-state index contributed by atoms with van der Waals surface area (Å²) in [4.78, 5) is 2.24. The molecule has 0 spiro atoms. The van der Waals surface area contributed by atoms with Gasteiger partial charge in [-0.15, -0.1) is 11.3 Å². The van der Waals surface area contributed by atoms with E-state index in [0.717, 1.165) is 27.3 Å². The number of nitrogens with two attached hydrogens (primary N) is 1. The van der Waals surface area contributed by atoms with E-state index in [4.69, 9.17) is 5.73 Å². The minimum Gasteiger partial charge on any atom is -0.323 e. The van der Waals surface area contributed by atoms with Crippen molar-refractivity contribution in [1.82, 2.24) is 0 Å². The normalized spacial score (nSPS) is 12.7. The van der Waals surface area contributed by atoms with Crippen LogP contribution in [0, 0.1) is 12.7 Å². The molecule has 2 N–H and O–H groups in total. The molecule has 90 valence electrons. The van der Waals surface area contributed by atoms with E-state index in [1.807, 2.05) is 25.1 Å². The molecule has 0 radical (unpaired) electrons. The molecule has 1 atom stereocenters. The van der Waals surface area contributed by atoms with Crippen molar-refractivity contribution < 1.29 is 4.39 Å². The van der Waals surface area contributed by atoms with Gasteiger partial charge in [0.05, 0.1) is 0 Å². The van der Waals surface area contributed by atoms with Crippen molar-refractivity contribution in [3.63, 3.8) is 0 Å². The number of hydrogen-bond acceptors (Lipinski definition) is 2. The topological polar surface area (TPSA) is 26.0 Å². The Morgan fingerprint density at radius 1 is 1.29 bits per heavy atom. The lowest BCUT2D eigenvalue weighted by atomic mass is 10.1. The fourth-order valence-electron chi connectivity index (χ4n) is 1.76. The first-order chi connectivity index (χ1) is 8.11. The van der Waals surface area contributed by atoms with Crippen LogP contribution in [0.15, 0.2) is 30.3 Å². The van der Waals surface area contributed by atoms with E-state index in [1.165, 1.54) is 6.07 Å². The minimum atomic E-state index is -0.194. The van der Waals surface area contributed by atoms with Crippen molar-refractivity contribution in [2.45, 2.75) is 26.3 Å². The summed E-state index contributed by atoms with van der Waals surface area (Å²) < 4.78 is 13.2. The summed E-state index contributed by atoms with van der Waals surface area (Å²) in [5.41, 5.74) is 8.04. The quantitative estimate of drug-likeness (QED) is 0.863. The van der Waals surface area contributed by atoms with Crippen LogP contribution in [-0.2, 0) is 0 Å². The van der Waals surface area contributed by atoms with Gasteiger partial charge >= 0.3 is 0 Å². The van der Waals surface area contributed by atoms with Gasteiger partial charge in [-0.1, -0.05) is 13.0 Å². The largest absolute Gasteiger partial charge is 0.323 e. The third-order valence-corrected chi connectivity index (χ3v) is 4.15. The van der Waals surface area contributed by atoms with E-state index in [2.05, 4.69) is 6.92 Å². The van der Waals surface area contributed by atoms with Gasteiger partial charge in [0.25, 0.3) is 0 Å². The average Bonchev–Trinajstić information content (AvgIpc) is 2.80.